The molecule has 14 heavy (non-hydrogen) atoms. The first kappa shape index (κ1) is 10.9. The first-order valence-corrected chi connectivity index (χ1v) is 6.01. The molecule has 4 heteroatoms. The summed E-state index contributed by atoms with van der Waals surface area (Å²) in [5.74, 6) is 0. The molecule has 1 N–H and O–H groups in total. The van der Waals surface area contributed by atoms with Gasteiger partial charge in [0.05, 0.1) is 11.5 Å². The molecule has 0 fully saturated rings. The third kappa shape index (κ3) is 2.68. The number of hydrogen-bond donors (Lipinski definition) is 1. The topological polar surface area (TPSA) is 54.4 Å². The summed E-state index contributed by atoms with van der Waals surface area (Å²) in [4.78, 5) is 0.282. The molecule has 1 aromatic rings. The molecule has 1 rings (SSSR count). The summed E-state index contributed by atoms with van der Waals surface area (Å²) >= 11 is 0. The van der Waals surface area contributed by atoms with E-state index in [4.69, 9.17) is 5.11 Å². The van der Waals surface area contributed by atoms with Gasteiger partial charge in [-0.2, -0.15) is 0 Å². The summed E-state index contributed by atoms with van der Waals surface area (Å²) in [5, 5.41) is 8.59. The molecule has 0 radical (unpaired) electrons. The fourth-order valence-electron chi connectivity index (χ4n) is 1.14. The molecule has 0 spiro atoms. The molecule has 0 amide bonds. The summed E-state index contributed by atoms with van der Waals surface area (Å²) < 4.78 is 22.6. The average Bonchev–Trinajstić information content (AvgIpc) is 2.14. The average molecular weight is 212 g/mol. The molecule has 3 nitrogen and oxygen atoms in total. The van der Waals surface area contributed by atoms with Gasteiger partial charge in [0.25, 0.3) is 0 Å². The minimum absolute atomic E-state index is 0.0991. The molecule has 0 bridgehead atoms. The predicted molar refractivity (Wildman–Crippen MR) is 55.7 cm³/mol. The van der Waals surface area contributed by atoms with Crippen LogP contribution in [0.25, 0.3) is 6.08 Å². The third-order valence-corrected chi connectivity index (χ3v) is 2.89. The summed E-state index contributed by atoms with van der Waals surface area (Å²) in [6.45, 7) is -0.0991. The van der Waals surface area contributed by atoms with Gasteiger partial charge in [-0.15, -0.1) is 0 Å². The van der Waals surface area contributed by atoms with E-state index >= 15 is 0 Å². The SMILES string of the molecule is CS(=O)(=O)c1ccccc1/C=C/CO. The Bertz CT molecular complexity index is 432. The highest BCUT2D eigenvalue weighted by molar-refractivity contribution is 7.90. The van der Waals surface area contributed by atoms with Crippen molar-refractivity contribution >= 4 is 15.9 Å². The zero-order valence-electron chi connectivity index (χ0n) is 7.84. The maximum atomic E-state index is 11.3. The van der Waals surface area contributed by atoms with Crippen LogP contribution < -0.4 is 0 Å². The molecule has 0 saturated carbocycles. The smallest absolute Gasteiger partial charge is 0.176 e. The lowest BCUT2D eigenvalue weighted by Crippen LogP contribution is -1.99. The van der Waals surface area contributed by atoms with E-state index in [9.17, 15) is 8.42 Å². The van der Waals surface area contributed by atoms with Crippen LogP contribution in [-0.2, 0) is 9.84 Å². The molecule has 0 heterocycles. The van der Waals surface area contributed by atoms with Crippen molar-refractivity contribution in [3.8, 4) is 0 Å². The van der Waals surface area contributed by atoms with Crippen molar-refractivity contribution in [2.24, 2.45) is 0 Å². The molecule has 0 unspecified atom stereocenters. The van der Waals surface area contributed by atoms with Gasteiger partial charge in [-0.05, 0) is 11.6 Å². The van der Waals surface area contributed by atoms with Crippen LogP contribution in [0.2, 0.25) is 0 Å². The standard InChI is InChI=1S/C10H12O3S/c1-14(12,13)10-7-3-2-5-9(10)6-4-8-11/h2-7,11H,8H2,1H3/b6-4+. The number of benzene rings is 1. The van der Waals surface area contributed by atoms with E-state index in [2.05, 4.69) is 0 Å². The largest absolute Gasteiger partial charge is 0.392 e. The number of rotatable bonds is 3. The van der Waals surface area contributed by atoms with Crippen LogP contribution in [0.5, 0.6) is 0 Å². The third-order valence-electron chi connectivity index (χ3n) is 1.72. The molecular weight excluding hydrogens is 200 g/mol. The minimum Gasteiger partial charge on any atom is -0.392 e. The zero-order valence-corrected chi connectivity index (χ0v) is 8.66. The van der Waals surface area contributed by atoms with Gasteiger partial charge in [0.15, 0.2) is 9.84 Å². The van der Waals surface area contributed by atoms with Crippen molar-refractivity contribution in [3.63, 3.8) is 0 Å². The van der Waals surface area contributed by atoms with Gasteiger partial charge in [-0.3, -0.25) is 0 Å². The zero-order chi connectivity index (χ0) is 10.6. The van der Waals surface area contributed by atoms with Gasteiger partial charge in [-0.25, -0.2) is 8.42 Å². The monoisotopic (exact) mass is 212 g/mol. The van der Waals surface area contributed by atoms with Crippen LogP contribution >= 0.6 is 0 Å². The molecule has 1 aromatic carbocycles. The van der Waals surface area contributed by atoms with Crippen LogP contribution in [0, 0.1) is 0 Å². The van der Waals surface area contributed by atoms with Crippen LogP contribution in [0.15, 0.2) is 35.2 Å². The second-order valence-corrected chi connectivity index (χ2v) is 4.88. The number of hydrogen-bond acceptors (Lipinski definition) is 3. The van der Waals surface area contributed by atoms with Crippen molar-refractivity contribution in [3.05, 3.63) is 35.9 Å². The second-order valence-electron chi connectivity index (χ2n) is 2.89. The molecule has 0 atom stereocenters. The quantitative estimate of drug-likeness (QED) is 0.816. The van der Waals surface area contributed by atoms with Crippen molar-refractivity contribution in [1.29, 1.82) is 0 Å². The second kappa shape index (κ2) is 4.39. The van der Waals surface area contributed by atoms with E-state index in [1.165, 1.54) is 12.3 Å². The normalized spacial score (nSPS) is 12.1. The lowest BCUT2D eigenvalue weighted by molar-refractivity contribution is 0.343. The van der Waals surface area contributed by atoms with E-state index in [0.29, 0.717) is 5.56 Å². The molecular formula is C10H12O3S. The van der Waals surface area contributed by atoms with Crippen LogP contribution in [0.4, 0.5) is 0 Å². The molecule has 0 aromatic heterocycles. The lowest BCUT2D eigenvalue weighted by Gasteiger charge is -2.02. The Morgan fingerprint density at radius 3 is 2.57 bits per heavy atom. The summed E-state index contributed by atoms with van der Waals surface area (Å²) in [5.41, 5.74) is 0.601. The van der Waals surface area contributed by atoms with E-state index in [1.807, 2.05) is 0 Å². The van der Waals surface area contributed by atoms with E-state index in [-0.39, 0.29) is 11.5 Å². The Hall–Kier alpha value is -1.13. The van der Waals surface area contributed by atoms with Crippen molar-refractivity contribution in [2.45, 2.75) is 4.90 Å². The van der Waals surface area contributed by atoms with Gasteiger partial charge in [-0.1, -0.05) is 30.4 Å². The van der Waals surface area contributed by atoms with Crippen molar-refractivity contribution in [2.75, 3.05) is 12.9 Å². The van der Waals surface area contributed by atoms with Gasteiger partial charge in [0, 0.05) is 6.26 Å². The number of aliphatic hydroxyl groups is 1. The minimum atomic E-state index is -3.20. The summed E-state index contributed by atoms with van der Waals surface area (Å²) in [6, 6.07) is 6.67. The van der Waals surface area contributed by atoms with E-state index in [1.54, 1.807) is 30.3 Å². The molecule has 0 aliphatic heterocycles. The summed E-state index contributed by atoms with van der Waals surface area (Å²) in [6.07, 6.45) is 4.26. The Morgan fingerprint density at radius 1 is 1.36 bits per heavy atom. The molecule has 76 valence electrons. The first-order chi connectivity index (χ1) is 6.55. The van der Waals surface area contributed by atoms with Crippen molar-refractivity contribution in [1.82, 2.24) is 0 Å². The maximum Gasteiger partial charge on any atom is 0.176 e. The van der Waals surface area contributed by atoms with Crippen LogP contribution in [-0.4, -0.2) is 26.4 Å². The first-order valence-electron chi connectivity index (χ1n) is 4.12. The highest BCUT2D eigenvalue weighted by Gasteiger charge is 2.09. The summed E-state index contributed by atoms with van der Waals surface area (Å²) in [7, 11) is -3.20. The maximum absolute atomic E-state index is 11.3. The fraction of sp³-hybridized carbons (Fsp3) is 0.200. The number of aliphatic hydroxyl groups excluding tert-OH is 1. The van der Waals surface area contributed by atoms with E-state index in [0.717, 1.165) is 0 Å². The molecule has 0 aliphatic rings. The Kier molecular flexibility index (Phi) is 3.43. The predicted octanol–water partition coefficient (Wildman–Crippen LogP) is 1.10. The van der Waals surface area contributed by atoms with Crippen LogP contribution in [0.1, 0.15) is 5.56 Å². The Morgan fingerprint density at radius 2 is 2.00 bits per heavy atom. The van der Waals surface area contributed by atoms with E-state index < -0.39 is 9.84 Å². The number of sulfone groups is 1. The fourth-order valence-corrected chi connectivity index (χ4v) is 2.03. The lowest BCUT2D eigenvalue weighted by atomic mass is 10.2. The highest BCUT2D eigenvalue weighted by Crippen LogP contribution is 2.16. The van der Waals surface area contributed by atoms with Gasteiger partial charge in [0.2, 0.25) is 0 Å². The van der Waals surface area contributed by atoms with Gasteiger partial charge in [0.1, 0.15) is 0 Å². The molecule has 0 saturated heterocycles. The van der Waals surface area contributed by atoms with Gasteiger partial charge >= 0.3 is 0 Å². The Labute approximate surface area is 83.6 Å². The Balaban J connectivity index is 3.24. The van der Waals surface area contributed by atoms with Crippen LogP contribution in [0.3, 0.4) is 0 Å². The van der Waals surface area contributed by atoms with Crippen molar-refractivity contribution < 1.29 is 13.5 Å². The highest BCUT2D eigenvalue weighted by atomic mass is 32.2. The van der Waals surface area contributed by atoms with Gasteiger partial charge < -0.3 is 5.11 Å². The molecule has 0 aliphatic carbocycles.